The molecule has 0 atom stereocenters. The molecule has 1 fully saturated rings. The van der Waals surface area contributed by atoms with E-state index in [1.165, 1.54) is 0 Å². The Hall–Kier alpha value is -3.20. The van der Waals surface area contributed by atoms with Gasteiger partial charge in [0, 0.05) is 43.2 Å². The summed E-state index contributed by atoms with van der Waals surface area (Å²) in [6.45, 7) is 1.20. The van der Waals surface area contributed by atoms with E-state index in [1.54, 1.807) is 17.3 Å². The fraction of sp³-hybridized carbons (Fsp3) is 0.263. The van der Waals surface area contributed by atoms with Gasteiger partial charge < -0.3 is 4.90 Å². The van der Waals surface area contributed by atoms with Crippen molar-refractivity contribution in [2.75, 3.05) is 13.1 Å². The molecule has 0 aliphatic carbocycles. The van der Waals surface area contributed by atoms with Crippen molar-refractivity contribution < 1.29 is 4.79 Å². The minimum absolute atomic E-state index is 0.0482. The van der Waals surface area contributed by atoms with Crippen LogP contribution in [0.5, 0.6) is 0 Å². The molecule has 1 aliphatic rings. The van der Waals surface area contributed by atoms with Crippen molar-refractivity contribution in [3.63, 3.8) is 0 Å². The maximum atomic E-state index is 13.0. The lowest BCUT2D eigenvalue weighted by molar-refractivity contribution is 0.0694. The average molecular weight is 331 g/mol. The van der Waals surface area contributed by atoms with E-state index in [2.05, 4.69) is 16.0 Å². The number of aromatic nitrogens is 3. The van der Waals surface area contributed by atoms with Gasteiger partial charge in [-0.2, -0.15) is 5.26 Å². The summed E-state index contributed by atoms with van der Waals surface area (Å²) in [6, 6.07) is 11.9. The molecular formula is C19H17N5O. The van der Waals surface area contributed by atoms with Crippen LogP contribution in [-0.4, -0.2) is 38.3 Å². The molecule has 1 amide bonds. The quantitative estimate of drug-likeness (QED) is 0.724. The van der Waals surface area contributed by atoms with Crippen molar-refractivity contribution in [3.05, 3.63) is 54.7 Å². The van der Waals surface area contributed by atoms with Crippen molar-refractivity contribution in [3.8, 4) is 17.3 Å². The highest BCUT2D eigenvalue weighted by atomic mass is 16.2. The van der Waals surface area contributed by atoms with Gasteiger partial charge in [0.15, 0.2) is 0 Å². The van der Waals surface area contributed by atoms with Crippen LogP contribution < -0.4 is 0 Å². The summed E-state index contributed by atoms with van der Waals surface area (Å²) in [4.78, 5) is 23.6. The van der Waals surface area contributed by atoms with Gasteiger partial charge in [0.25, 0.3) is 5.91 Å². The highest BCUT2D eigenvalue weighted by Gasteiger charge is 2.27. The molecule has 4 rings (SSSR count). The molecule has 0 N–H and O–H groups in total. The molecule has 1 aliphatic heterocycles. The summed E-state index contributed by atoms with van der Waals surface area (Å²) in [5, 5.41) is 9.03. The third kappa shape index (κ3) is 2.74. The van der Waals surface area contributed by atoms with Crippen LogP contribution in [0.4, 0.5) is 0 Å². The smallest absolute Gasteiger partial charge is 0.290 e. The molecule has 25 heavy (non-hydrogen) atoms. The van der Waals surface area contributed by atoms with Gasteiger partial charge in [-0.05, 0) is 37.1 Å². The number of carbonyl (C=O) groups is 1. The van der Waals surface area contributed by atoms with E-state index in [0.717, 1.165) is 29.6 Å². The van der Waals surface area contributed by atoms with Crippen LogP contribution in [0.1, 0.15) is 23.5 Å². The first-order valence-corrected chi connectivity index (χ1v) is 8.34. The number of amides is 1. The van der Waals surface area contributed by atoms with Crippen molar-refractivity contribution >= 4 is 11.4 Å². The number of hydrogen-bond acceptors (Lipinski definition) is 4. The second kappa shape index (κ2) is 6.36. The van der Waals surface area contributed by atoms with Crippen molar-refractivity contribution in [1.29, 1.82) is 5.26 Å². The summed E-state index contributed by atoms with van der Waals surface area (Å²) in [5.74, 6) is 0.365. The van der Waals surface area contributed by atoms with E-state index in [4.69, 9.17) is 5.26 Å². The first-order chi connectivity index (χ1) is 12.3. The van der Waals surface area contributed by atoms with Crippen LogP contribution in [0.25, 0.3) is 16.8 Å². The third-order valence-electron chi connectivity index (χ3n) is 4.64. The summed E-state index contributed by atoms with van der Waals surface area (Å²) in [5.41, 5.74) is 2.52. The third-order valence-corrected chi connectivity index (χ3v) is 4.64. The Morgan fingerprint density at radius 2 is 2.04 bits per heavy atom. The minimum Gasteiger partial charge on any atom is -0.336 e. The van der Waals surface area contributed by atoms with Crippen molar-refractivity contribution in [2.24, 2.45) is 5.92 Å². The fourth-order valence-corrected chi connectivity index (χ4v) is 3.26. The second-order valence-corrected chi connectivity index (χ2v) is 6.18. The number of nitriles is 1. The Morgan fingerprint density at radius 3 is 2.76 bits per heavy atom. The predicted molar refractivity (Wildman–Crippen MR) is 92.7 cm³/mol. The zero-order chi connectivity index (χ0) is 17.2. The number of pyridine rings is 2. The molecule has 124 valence electrons. The number of fused-ring (bicyclic) bond motifs is 1. The highest BCUT2D eigenvalue weighted by molar-refractivity contribution is 5.94. The summed E-state index contributed by atoms with van der Waals surface area (Å²) < 4.78 is 1.83. The first kappa shape index (κ1) is 15.3. The number of hydrogen-bond donors (Lipinski definition) is 0. The van der Waals surface area contributed by atoms with E-state index in [-0.39, 0.29) is 11.8 Å². The van der Waals surface area contributed by atoms with Gasteiger partial charge in [-0.1, -0.05) is 6.07 Å². The maximum absolute atomic E-state index is 13.0. The molecule has 1 saturated heterocycles. The van der Waals surface area contributed by atoms with Gasteiger partial charge in [-0.3, -0.25) is 14.2 Å². The monoisotopic (exact) mass is 331 g/mol. The van der Waals surface area contributed by atoms with Gasteiger partial charge >= 0.3 is 0 Å². The standard InChI is InChI=1S/C19H17N5O/c20-12-14-6-10-23(11-7-14)19(25)18-22-17(15-4-3-8-21-13-15)16-5-1-2-9-24(16)18/h1-5,8-9,13-14H,6-7,10-11H2. The molecule has 0 aromatic carbocycles. The number of imidazole rings is 1. The predicted octanol–water partition coefficient (Wildman–Crippen LogP) is 2.77. The molecular weight excluding hydrogens is 314 g/mol. The van der Waals surface area contributed by atoms with Crippen LogP contribution in [0.3, 0.4) is 0 Å². The number of piperidine rings is 1. The van der Waals surface area contributed by atoms with Gasteiger partial charge in [0.1, 0.15) is 0 Å². The molecule has 0 unspecified atom stereocenters. The molecule has 0 radical (unpaired) electrons. The van der Waals surface area contributed by atoms with E-state index >= 15 is 0 Å². The van der Waals surface area contributed by atoms with E-state index in [0.29, 0.717) is 18.9 Å². The van der Waals surface area contributed by atoms with E-state index < -0.39 is 0 Å². The van der Waals surface area contributed by atoms with E-state index in [9.17, 15) is 4.79 Å². The van der Waals surface area contributed by atoms with Crippen molar-refractivity contribution in [1.82, 2.24) is 19.3 Å². The SMILES string of the molecule is N#CC1CCN(C(=O)c2nc(-c3cccnc3)c3ccccn23)CC1. The number of rotatable bonds is 2. The Bertz CT molecular complexity index is 949. The largest absolute Gasteiger partial charge is 0.336 e. The lowest BCUT2D eigenvalue weighted by atomic mass is 9.98. The Morgan fingerprint density at radius 1 is 1.20 bits per heavy atom. The van der Waals surface area contributed by atoms with E-state index in [1.807, 2.05) is 40.9 Å². The number of carbonyl (C=O) groups excluding carboxylic acids is 1. The van der Waals surface area contributed by atoms with Gasteiger partial charge in [-0.25, -0.2) is 4.98 Å². The zero-order valence-electron chi connectivity index (χ0n) is 13.7. The molecule has 0 spiro atoms. The highest BCUT2D eigenvalue weighted by Crippen LogP contribution is 2.25. The molecule has 6 nitrogen and oxygen atoms in total. The van der Waals surface area contributed by atoms with Crippen LogP contribution in [-0.2, 0) is 0 Å². The topological polar surface area (TPSA) is 74.3 Å². The number of likely N-dealkylation sites (tertiary alicyclic amines) is 1. The molecule has 0 saturated carbocycles. The zero-order valence-corrected chi connectivity index (χ0v) is 13.7. The second-order valence-electron chi connectivity index (χ2n) is 6.18. The molecule has 3 aromatic heterocycles. The maximum Gasteiger partial charge on any atom is 0.290 e. The first-order valence-electron chi connectivity index (χ1n) is 8.34. The van der Waals surface area contributed by atoms with Crippen molar-refractivity contribution in [2.45, 2.75) is 12.8 Å². The number of nitrogens with zero attached hydrogens (tertiary/aromatic N) is 5. The molecule has 3 aromatic rings. The average Bonchev–Trinajstić information content (AvgIpc) is 3.08. The Balaban J connectivity index is 1.73. The van der Waals surface area contributed by atoms with Gasteiger partial charge in [-0.15, -0.1) is 0 Å². The summed E-state index contributed by atoms with van der Waals surface area (Å²) >= 11 is 0. The Labute approximate surface area is 145 Å². The summed E-state index contributed by atoms with van der Waals surface area (Å²) in [6.07, 6.45) is 6.77. The minimum atomic E-state index is -0.0901. The van der Waals surface area contributed by atoms with Crippen LogP contribution >= 0.6 is 0 Å². The normalized spacial score (nSPS) is 15.2. The Kier molecular flexibility index (Phi) is 3.90. The summed E-state index contributed by atoms with van der Waals surface area (Å²) in [7, 11) is 0. The van der Waals surface area contributed by atoms with Crippen LogP contribution in [0.15, 0.2) is 48.9 Å². The lowest BCUT2D eigenvalue weighted by Crippen LogP contribution is -2.39. The van der Waals surface area contributed by atoms with Gasteiger partial charge in [0.05, 0.1) is 17.3 Å². The molecule has 6 heteroatoms. The molecule has 0 bridgehead atoms. The van der Waals surface area contributed by atoms with Crippen LogP contribution in [0.2, 0.25) is 0 Å². The van der Waals surface area contributed by atoms with Gasteiger partial charge in [0.2, 0.25) is 5.82 Å². The fourth-order valence-electron chi connectivity index (χ4n) is 3.26. The lowest BCUT2D eigenvalue weighted by Gasteiger charge is -2.28. The van der Waals surface area contributed by atoms with Crippen LogP contribution in [0, 0.1) is 17.2 Å². The molecule has 4 heterocycles.